The Bertz CT molecular complexity index is 833. The highest BCUT2D eigenvalue weighted by molar-refractivity contribution is 7.90. The summed E-state index contributed by atoms with van der Waals surface area (Å²) in [6.45, 7) is 0. The van der Waals surface area contributed by atoms with Crippen LogP contribution in [0.15, 0.2) is 59.8 Å². The molecule has 5 heteroatoms. The summed E-state index contributed by atoms with van der Waals surface area (Å²) in [6.07, 6.45) is 4.87. The Hall–Kier alpha value is -2.14. The Labute approximate surface area is 111 Å². The number of rotatable bonds is 2. The van der Waals surface area contributed by atoms with Gasteiger partial charge in [-0.1, -0.05) is 18.2 Å². The van der Waals surface area contributed by atoms with Gasteiger partial charge in [0.25, 0.3) is 0 Å². The van der Waals surface area contributed by atoms with Crippen molar-refractivity contribution in [3.05, 3.63) is 54.9 Å². The molecule has 0 spiro atoms. The maximum absolute atomic E-state index is 11.4. The van der Waals surface area contributed by atoms with Crippen LogP contribution in [0, 0.1) is 0 Å². The van der Waals surface area contributed by atoms with Crippen molar-refractivity contribution in [2.45, 2.75) is 4.90 Å². The minimum atomic E-state index is -3.15. The number of hydrogen-bond donors (Lipinski definition) is 0. The first-order chi connectivity index (χ1) is 9.05. The molecule has 2 heterocycles. The molecule has 0 saturated heterocycles. The summed E-state index contributed by atoms with van der Waals surface area (Å²) in [5.41, 5.74) is 2.93. The minimum Gasteiger partial charge on any atom is -0.240 e. The fourth-order valence-corrected chi connectivity index (χ4v) is 2.67. The molecule has 0 fully saturated rings. The van der Waals surface area contributed by atoms with Gasteiger partial charge in [0.05, 0.1) is 16.6 Å². The van der Waals surface area contributed by atoms with Crippen LogP contribution in [-0.4, -0.2) is 24.3 Å². The van der Waals surface area contributed by atoms with Gasteiger partial charge in [0.15, 0.2) is 9.84 Å². The first-order valence-electron chi connectivity index (χ1n) is 5.78. The normalized spacial score (nSPS) is 11.8. The number of pyridine rings is 1. The molecular formula is C14H12N2O2S. The lowest BCUT2D eigenvalue weighted by Gasteiger charge is -2.02. The molecular weight excluding hydrogens is 260 g/mol. The third-order valence-corrected chi connectivity index (χ3v) is 4.15. The van der Waals surface area contributed by atoms with Crippen molar-refractivity contribution in [2.24, 2.45) is 0 Å². The molecule has 0 unspecified atom stereocenters. The van der Waals surface area contributed by atoms with E-state index >= 15 is 0 Å². The monoisotopic (exact) mass is 272 g/mol. The Morgan fingerprint density at radius 2 is 1.79 bits per heavy atom. The van der Waals surface area contributed by atoms with Crippen molar-refractivity contribution in [3.8, 4) is 11.1 Å². The van der Waals surface area contributed by atoms with Crippen LogP contribution in [0.3, 0.4) is 0 Å². The lowest BCUT2D eigenvalue weighted by Crippen LogP contribution is -1.96. The van der Waals surface area contributed by atoms with Crippen LogP contribution in [0.1, 0.15) is 0 Å². The van der Waals surface area contributed by atoms with Gasteiger partial charge in [-0.15, -0.1) is 0 Å². The summed E-state index contributed by atoms with van der Waals surface area (Å²) in [5.74, 6) is 0. The van der Waals surface area contributed by atoms with E-state index in [1.54, 1.807) is 35.0 Å². The first-order valence-corrected chi connectivity index (χ1v) is 7.68. The lowest BCUT2D eigenvalue weighted by molar-refractivity contribution is 0.602. The van der Waals surface area contributed by atoms with Crippen molar-refractivity contribution < 1.29 is 8.42 Å². The van der Waals surface area contributed by atoms with E-state index < -0.39 is 9.84 Å². The molecule has 0 atom stereocenters. The first kappa shape index (κ1) is 11.9. The maximum Gasteiger partial charge on any atom is 0.175 e. The second-order valence-electron chi connectivity index (χ2n) is 4.39. The summed E-state index contributed by atoms with van der Waals surface area (Å²) in [4.78, 5) is 0.327. The number of benzene rings is 1. The van der Waals surface area contributed by atoms with Crippen LogP contribution in [0.5, 0.6) is 0 Å². The maximum atomic E-state index is 11.4. The summed E-state index contributed by atoms with van der Waals surface area (Å²) in [7, 11) is -3.15. The smallest absolute Gasteiger partial charge is 0.175 e. The SMILES string of the molecule is CS(=O)(=O)c1ccc(-c2cnn3ccccc23)cc1. The fraction of sp³-hybridized carbons (Fsp3) is 0.0714. The van der Waals surface area contributed by atoms with Crippen molar-refractivity contribution in [2.75, 3.05) is 6.26 Å². The molecule has 96 valence electrons. The van der Waals surface area contributed by atoms with Gasteiger partial charge in [0, 0.05) is 18.0 Å². The molecule has 0 aliphatic heterocycles. The molecule has 0 bridgehead atoms. The van der Waals surface area contributed by atoms with Crippen LogP contribution in [-0.2, 0) is 9.84 Å². The number of fused-ring (bicyclic) bond motifs is 1. The van der Waals surface area contributed by atoms with Crippen LogP contribution in [0.2, 0.25) is 0 Å². The van der Waals surface area contributed by atoms with Gasteiger partial charge in [-0.2, -0.15) is 5.10 Å². The number of hydrogen-bond acceptors (Lipinski definition) is 3. The van der Waals surface area contributed by atoms with E-state index in [4.69, 9.17) is 0 Å². The van der Waals surface area contributed by atoms with Crippen molar-refractivity contribution >= 4 is 15.4 Å². The highest BCUT2D eigenvalue weighted by Crippen LogP contribution is 2.25. The van der Waals surface area contributed by atoms with Crippen molar-refractivity contribution in [3.63, 3.8) is 0 Å². The second kappa shape index (κ2) is 4.20. The van der Waals surface area contributed by atoms with Crippen LogP contribution >= 0.6 is 0 Å². The average molecular weight is 272 g/mol. The number of sulfone groups is 1. The van der Waals surface area contributed by atoms with Gasteiger partial charge in [-0.3, -0.25) is 0 Å². The third kappa shape index (κ3) is 2.13. The molecule has 4 nitrogen and oxygen atoms in total. The quantitative estimate of drug-likeness (QED) is 0.720. The lowest BCUT2D eigenvalue weighted by atomic mass is 10.1. The van der Waals surface area contributed by atoms with Gasteiger partial charge in [-0.05, 0) is 29.8 Å². The molecule has 0 radical (unpaired) electrons. The average Bonchev–Trinajstić information content (AvgIpc) is 2.82. The molecule has 1 aromatic carbocycles. The topological polar surface area (TPSA) is 51.4 Å². The highest BCUT2D eigenvalue weighted by Gasteiger charge is 2.09. The van der Waals surface area contributed by atoms with Crippen LogP contribution in [0.4, 0.5) is 0 Å². The summed E-state index contributed by atoms with van der Waals surface area (Å²) >= 11 is 0. The van der Waals surface area contributed by atoms with Crippen molar-refractivity contribution in [1.29, 1.82) is 0 Å². The predicted molar refractivity (Wildman–Crippen MR) is 73.7 cm³/mol. The Balaban J connectivity index is 2.12. The van der Waals surface area contributed by atoms with Gasteiger partial charge >= 0.3 is 0 Å². The zero-order chi connectivity index (χ0) is 13.5. The fourth-order valence-electron chi connectivity index (χ4n) is 2.04. The highest BCUT2D eigenvalue weighted by atomic mass is 32.2. The molecule has 3 rings (SSSR count). The predicted octanol–water partition coefficient (Wildman–Crippen LogP) is 2.40. The van der Waals surface area contributed by atoms with Gasteiger partial charge < -0.3 is 0 Å². The largest absolute Gasteiger partial charge is 0.240 e. The molecule has 3 aromatic rings. The molecule has 0 aliphatic carbocycles. The van der Waals surface area contributed by atoms with Crippen molar-refractivity contribution in [1.82, 2.24) is 9.61 Å². The van der Waals surface area contributed by atoms with E-state index in [1.807, 2.05) is 24.4 Å². The van der Waals surface area contributed by atoms with E-state index in [2.05, 4.69) is 5.10 Å². The standard InChI is InChI=1S/C14H12N2O2S/c1-19(17,18)12-7-5-11(6-8-12)13-10-15-16-9-3-2-4-14(13)16/h2-10H,1H3. The molecule has 2 aromatic heterocycles. The Morgan fingerprint density at radius 3 is 2.47 bits per heavy atom. The van der Waals surface area contributed by atoms with E-state index in [9.17, 15) is 8.42 Å². The van der Waals surface area contributed by atoms with E-state index in [1.165, 1.54) is 6.26 Å². The van der Waals surface area contributed by atoms with E-state index in [-0.39, 0.29) is 0 Å². The number of nitrogens with zero attached hydrogens (tertiary/aromatic N) is 2. The summed E-state index contributed by atoms with van der Waals surface area (Å²) in [5, 5.41) is 4.26. The summed E-state index contributed by atoms with van der Waals surface area (Å²) < 4.78 is 24.6. The Morgan fingerprint density at radius 1 is 1.05 bits per heavy atom. The molecule has 0 amide bonds. The van der Waals surface area contributed by atoms with Gasteiger partial charge in [0.2, 0.25) is 0 Å². The van der Waals surface area contributed by atoms with Gasteiger partial charge in [0.1, 0.15) is 0 Å². The minimum absolute atomic E-state index is 0.327. The van der Waals surface area contributed by atoms with E-state index in [0.717, 1.165) is 16.6 Å². The van der Waals surface area contributed by atoms with E-state index in [0.29, 0.717) is 4.90 Å². The molecule has 0 aliphatic rings. The summed E-state index contributed by atoms with van der Waals surface area (Å²) in [6, 6.07) is 12.7. The van der Waals surface area contributed by atoms with Crippen LogP contribution < -0.4 is 0 Å². The molecule has 19 heavy (non-hydrogen) atoms. The van der Waals surface area contributed by atoms with Gasteiger partial charge in [-0.25, -0.2) is 12.9 Å². The molecule has 0 saturated carbocycles. The van der Waals surface area contributed by atoms with Crippen LogP contribution in [0.25, 0.3) is 16.6 Å². The zero-order valence-electron chi connectivity index (χ0n) is 10.3. The second-order valence-corrected chi connectivity index (χ2v) is 6.40. The third-order valence-electron chi connectivity index (χ3n) is 3.02. The molecule has 0 N–H and O–H groups in total. The number of aromatic nitrogens is 2. The zero-order valence-corrected chi connectivity index (χ0v) is 11.1. The Kier molecular flexibility index (Phi) is 2.64.